The Morgan fingerprint density at radius 3 is 3.20 bits per heavy atom. The molecule has 2 N–H and O–H groups in total. The molecule has 3 nitrogen and oxygen atoms in total. The van der Waals surface area contributed by atoms with Gasteiger partial charge in [0.15, 0.2) is 0 Å². The van der Waals surface area contributed by atoms with E-state index in [0.29, 0.717) is 6.61 Å². The third kappa shape index (κ3) is 2.23. The van der Waals surface area contributed by atoms with Gasteiger partial charge in [0.05, 0.1) is 13.2 Å². The van der Waals surface area contributed by atoms with Crippen molar-refractivity contribution >= 4 is 0 Å². The minimum atomic E-state index is 0.0721. The Labute approximate surface area is 90.2 Å². The van der Waals surface area contributed by atoms with Gasteiger partial charge < -0.3 is 15.2 Å². The van der Waals surface area contributed by atoms with Crippen LogP contribution in [0.1, 0.15) is 31.4 Å². The fourth-order valence-electron chi connectivity index (χ4n) is 1.85. The standard InChI is InChI=1S/C12H17NO2/c1-2-14-9-5-6-12-10(8-9)11(13)4-3-7-15-12/h5-6,8,11H,2-4,7,13H2,1H3/t11-/m0/s1. The van der Waals surface area contributed by atoms with Crippen molar-refractivity contribution in [2.24, 2.45) is 5.73 Å². The summed E-state index contributed by atoms with van der Waals surface area (Å²) in [5.41, 5.74) is 7.14. The third-order valence-corrected chi connectivity index (χ3v) is 2.61. The molecule has 3 heteroatoms. The highest BCUT2D eigenvalue weighted by Gasteiger charge is 2.16. The molecule has 0 amide bonds. The van der Waals surface area contributed by atoms with E-state index < -0.39 is 0 Å². The second kappa shape index (κ2) is 4.53. The van der Waals surface area contributed by atoms with E-state index in [1.807, 2.05) is 25.1 Å². The van der Waals surface area contributed by atoms with Gasteiger partial charge in [0.1, 0.15) is 11.5 Å². The van der Waals surface area contributed by atoms with Gasteiger partial charge >= 0.3 is 0 Å². The molecule has 1 aromatic carbocycles. The van der Waals surface area contributed by atoms with E-state index in [1.165, 1.54) is 0 Å². The van der Waals surface area contributed by atoms with Crippen molar-refractivity contribution in [2.45, 2.75) is 25.8 Å². The van der Waals surface area contributed by atoms with Crippen LogP contribution in [0, 0.1) is 0 Å². The summed E-state index contributed by atoms with van der Waals surface area (Å²) in [7, 11) is 0. The molecule has 0 radical (unpaired) electrons. The van der Waals surface area contributed by atoms with Crippen molar-refractivity contribution in [3.8, 4) is 11.5 Å². The molecule has 15 heavy (non-hydrogen) atoms. The molecule has 0 spiro atoms. The molecule has 1 heterocycles. The van der Waals surface area contributed by atoms with Crippen LogP contribution in [-0.4, -0.2) is 13.2 Å². The lowest BCUT2D eigenvalue weighted by molar-refractivity contribution is 0.314. The fourth-order valence-corrected chi connectivity index (χ4v) is 1.85. The molecule has 82 valence electrons. The molecule has 0 unspecified atom stereocenters. The lowest BCUT2D eigenvalue weighted by Gasteiger charge is -2.13. The van der Waals surface area contributed by atoms with Crippen molar-refractivity contribution in [3.05, 3.63) is 23.8 Å². The Morgan fingerprint density at radius 2 is 2.40 bits per heavy atom. The van der Waals surface area contributed by atoms with Crippen LogP contribution in [0.2, 0.25) is 0 Å². The zero-order chi connectivity index (χ0) is 10.7. The van der Waals surface area contributed by atoms with Gasteiger partial charge in [-0.05, 0) is 38.0 Å². The quantitative estimate of drug-likeness (QED) is 0.809. The zero-order valence-electron chi connectivity index (χ0n) is 9.03. The molecule has 1 atom stereocenters. The van der Waals surface area contributed by atoms with Crippen molar-refractivity contribution in [2.75, 3.05) is 13.2 Å². The summed E-state index contributed by atoms with van der Waals surface area (Å²) in [6.45, 7) is 3.41. The van der Waals surface area contributed by atoms with E-state index in [2.05, 4.69) is 0 Å². The van der Waals surface area contributed by atoms with E-state index in [-0.39, 0.29) is 6.04 Å². The molecule has 0 bridgehead atoms. The molecule has 2 rings (SSSR count). The Bertz CT molecular complexity index is 338. The average molecular weight is 207 g/mol. The molecule has 1 aliphatic rings. The first-order chi connectivity index (χ1) is 7.31. The Balaban J connectivity index is 2.31. The van der Waals surface area contributed by atoms with Gasteiger partial charge in [-0.1, -0.05) is 0 Å². The smallest absolute Gasteiger partial charge is 0.124 e. The SMILES string of the molecule is CCOc1ccc2c(c1)[C@@H](N)CCCO2. The minimum Gasteiger partial charge on any atom is -0.494 e. The summed E-state index contributed by atoms with van der Waals surface area (Å²) in [5, 5.41) is 0. The number of benzene rings is 1. The number of ether oxygens (including phenoxy) is 2. The van der Waals surface area contributed by atoms with E-state index in [1.54, 1.807) is 0 Å². The van der Waals surface area contributed by atoms with Gasteiger partial charge in [-0.15, -0.1) is 0 Å². The maximum atomic E-state index is 6.08. The lowest BCUT2D eigenvalue weighted by atomic mass is 10.0. The van der Waals surface area contributed by atoms with Gasteiger partial charge in [0.25, 0.3) is 0 Å². The number of hydrogen-bond donors (Lipinski definition) is 1. The summed E-state index contributed by atoms with van der Waals surface area (Å²) < 4.78 is 11.1. The van der Waals surface area contributed by atoms with Gasteiger partial charge in [-0.2, -0.15) is 0 Å². The highest BCUT2D eigenvalue weighted by molar-refractivity contribution is 5.42. The molecule has 0 aromatic heterocycles. The van der Waals surface area contributed by atoms with Crippen molar-refractivity contribution in [3.63, 3.8) is 0 Å². The first-order valence-electron chi connectivity index (χ1n) is 5.46. The minimum absolute atomic E-state index is 0.0721. The third-order valence-electron chi connectivity index (χ3n) is 2.61. The molecular formula is C12H17NO2. The van der Waals surface area contributed by atoms with Crippen molar-refractivity contribution in [1.29, 1.82) is 0 Å². The molecule has 1 aromatic rings. The van der Waals surface area contributed by atoms with Crippen LogP contribution in [0.4, 0.5) is 0 Å². The summed E-state index contributed by atoms with van der Waals surface area (Å²) in [4.78, 5) is 0. The predicted molar refractivity (Wildman–Crippen MR) is 59.3 cm³/mol. The van der Waals surface area contributed by atoms with Crippen molar-refractivity contribution in [1.82, 2.24) is 0 Å². The second-order valence-electron chi connectivity index (χ2n) is 3.73. The van der Waals surface area contributed by atoms with E-state index >= 15 is 0 Å². The fraction of sp³-hybridized carbons (Fsp3) is 0.500. The maximum Gasteiger partial charge on any atom is 0.124 e. The Kier molecular flexibility index (Phi) is 3.11. The second-order valence-corrected chi connectivity index (χ2v) is 3.73. The number of hydrogen-bond acceptors (Lipinski definition) is 3. The Morgan fingerprint density at radius 1 is 1.53 bits per heavy atom. The first-order valence-corrected chi connectivity index (χ1v) is 5.46. The van der Waals surface area contributed by atoms with Gasteiger partial charge in [-0.3, -0.25) is 0 Å². The zero-order valence-corrected chi connectivity index (χ0v) is 9.03. The normalized spacial score (nSPS) is 20.0. The van der Waals surface area contributed by atoms with Crippen LogP contribution in [0.5, 0.6) is 11.5 Å². The monoisotopic (exact) mass is 207 g/mol. The van der Waals surface area contributed by atoms with Gasteiger partial charge in [0, 0.05) is 11.6 Å². The molecule has 0 aliphatic carbocycles. The number of nitrogens with two attached hydrogens (primary N) is 1. The predicted octanol–water partition coefficient (Wildman–Crippen LogP) is 2.26. The van der Waals surface area contributed by atoms with Gasteiger partial charge in [0.2, 0.25) is 0 Å². The number of fused-ring (bicyclic) bond motifs is 1. The Hall–Kier alpha value is -1.22. The number of rotatable bonds is 2. The molecule has 0 saturated heterocycles. The average Bonchev–Trinajstić information content (AvgIpc) is 2.42. The van der Waals surface area contributed by atoms with E-state index in [0.717, 1.165) is 36.5 Å². The van der Waals surface area contributed by atoms with Crippen LogP contribution in [0.15, 0.2) is 18.2 Å². The molecule has 1 aliphatic heterocycles. The largest absolute Gasteiger partial charge is 0.494 e. The molecule has 0 fully saturated rings. The van der Waals surface area contributed by atoms with Crippen LogP contribution < -0.4 is 15.2 Å². The highest BCUT2D eigenvalue weighted by atomic mass is 16.5. The van der Waals surface area contributed by atoms with E-state index in [4.69, 9.17) is 15.2 Å². The first kappa shape index (κ1) is 10.3. The van der Waals surface area contributed by atoms with Crippen LogP contribution in [-0.2, 0) is 0 Å². The highest BCUT2D eigenvalue weighted by Crippen LogP contribution is 2.32. The van der Waals surface area contributed by atoms with Crippen molar-refractivity contribution < 1.29 is 9.47 Å². The lowest BCUT2D eigenvalue weighted by Crippen LogP contribution is -2.09. The van der Waals surface area contributed by atoms with Crippen LogP contribution in [0.3, 0.4) is 0 Å². The van der Waals surface area contributed by atoms with Crippen LogP contribution >= 0.6 is 0 Å². The summed E-state index contributed by atoms with van der Waals surface area (Å²) in [6.07, 6.45) is 1.99. The van der Waals surface area contributed by atoms with Gasteiger partial charge in [-0.25, -0.2) is 0 Å². The maximum absolute atomic E-state index is 6.08. The van der Waals surface area contributed by atoms with Crippen LogP contribution in [0.25, 0.3) is 0 Å². The molecular weight excluding hydrogens is 190 g/mol. The summed E-state index contributed by atoms with van der Waals surface area (Å²) in [5.74, 6) is 1.78. The molecule has 0 saturated carbocycles. The summed E-state index contributed by atoms with van der Waals surface area (Å²) >= 11 is 0. The topological polar surface area (TPSA) is 44.5 Å². The summed E-state index contributed by atoms with van der Waals surface area (Å²) in [6, 6.07) is 5.95. The van der Waals surface area contributed by atoms with E-state index in [9.17, 15) is 0 Å².